The van der Waals surface area contributed by atoms with Crippen LogP contribution in [0.5, 0.6) is 0 Å². The molecule has 1 fully saturated rings. The average molecular weight is 381 g/mol. The SMILES string of the molecule is CN(C)C1(CNC(=O)CCNC(=O)c2ccc(F)cc2F)CCCCCC1. The molecule has 2 N–H and O–H groups in total. The summed E-state index contributed by atoms with van der Waals surface area (Å²) >= 11 is 0. The molecule has 0 spiro atoms. The molecule has 1 aromatic carbocycles. The minimum Gasteiger partial charge on any atom is -0.354 e. The lowest BCUT2D eigenvalue weighted by Crippen LogP contribution is -2.52. The summed E-state index contributed by atoms with van der Waals surface area (Å²) in [5.41, 5.74) is -0.256. The minimum atomic E-state index is -0.918. The van der Waals surface area contributed by atoms with Crippen molar-refractivity contribution in [2.24, 2.45) is 0 Å². The number of hydrogen-bond acceptors (Lipinski definition) is 3. The smallest absolute Gasteiger partial charge is 0.254 e. The molecule has 0 saturated heterocycles. The molecule has 7 heteroatoms. The lowest BCUT2D eigenvalue weighted by Gasteiger charge is -2.39. The van der Waals surface area contributed by atoms with Gasteiger partial charge in [0.1, 0.15) is 11.6 Å². The minimum absolute atomic E-state index is 0.0212. The van der Waals surface area contributed by atoms with Crippen molar-refractivity contribution in [2.75, 3.05) is 27.2 Å². The van der Waals surface area contributed by atoms with Gasteiger partial charge in [-0.2, -0.15) is 0 Å². The van der Waals surface area contributed by atoms with E-state index in [2.05, 4.69) is 29.6 Å². The van der Waals surface area contributed by atoms with E-state index in [1.807, 2.05) is 0 Å². The van der Waals surface area contributed by atoms with Crippen LogP contribution in [0.25, 0.3) is 0 Å². The predicted octanol–water partition coefficient (Wildman–Crippen LogP) is 2.86. The number of carbonyl (C=O) groups excluding carboxylic acids is 2. The topological polar surface area (TPSA) is 61.4 Å². The summed E-state index contributed by atoms with van der Waals surface area (Å²) in [7, 11) is 4.10. The Bertz CT molecular complexity index is 657. The molecular formula is C20H29F2N3O2. The van der Waals surface area contributed by atoms with Crippen molar-refractivity contribution in [3.05, 3.63) is 35.4 Å². The molecule has 2 rings (SSSR count). The highest BCUT2D eigenvalue weighted by Gasteiger charge is 2.33. The molecule has 0 atom stereocenters. The van der Waals surface area contributed by atoms with E-state index < -0.39 is 17.5 Å². The Labute approximate surface area is 159 Å². The van der Waals surface area contributed by atoms with Crippen molar-refractivity contribution in [3.8, 4) is 0 Å². The molecule has 2 amide bonds. The highest BCUT2D eigenvalue weighted by atomic mass is 19.1. The van der Waals surface area contributed by atoms with Crippen LogP contribution in [0.2, 0.25) is 0 Å². The molecule has 27 heavy (non-hydrogen) atoms. The number of halogens is 2. The second-order valence-electron chi connectivity index (χ2n) is 7.44. The van der Waals surface area contributed by atoms with Gasteiger partial charge in [-0.3, -0.25) is 9.59 Å². The van der Waals surface area contributed by atoms with Gasteiger partial charge < -0.3 is 15.5 Å². The third-order valence-corrected chi connectivity index (χ3v) is 5.41. The van der Waals surface area contributed by atoms with E-state index in [0.717, 1.165) is 37.8 Å². The molecule has 5 nitrogen and oxygen atoms in total. The zero-order valence-electron chi connectivity index (χ0n) is 16.1. The Morgan fingerprint density at radius 2 is 1.74 bits per heavy atom. The second kappa shape index (κ2) is 9.78. The third-order valence-electron chi connectivity index (χ3n) is 5.41. The van der Waals surface area contributed by atoms with Gasteiger partial charge in [-0.05, 0) is 39.1 Å². The number of carbonyl (C=O) groups is 2. The van der Waals surface area contributed by atoms with Crippen LogP contribution in [0.15, 0.2) is 18.2 Å². The Balaban J connectivity index is 1.79. The highest BCUT2D eigenvalue weighted by molar-refractivity contribution is 5.94. The van der Waals surface area contributed by atoms with Crippen LogP contribution in [0.4, 0.5) is 8.78 Å². The molecule has 0 aromatic heterocycles. The molecular weight excluding hydrogens is 352 g/mol. The molecule has 150 valence electrons. The Morgan fingerprint density at radius 3 is 2.33 bits per heavy atom. The lowest BCUT2D eigenvalue weighted by atomic mass is 9.88. The van der Waals surface area contributed by atoms with Crippen LogP contribution in [0, 0.1) is 11.6 Å². The third kappa shape index (κ3) is 5.99. The van der Waals surface area contributed by atoms with Crippen molar-refractivity contribution in [1.82, 2.24) is 15.5 Å². The van der Waals surface area contributed by atoms with Gasteiger partial charge in [0.2, 0.25) is 5.91 Å². The largest absolute Gasteiger partial charge is 0.354 e. The van der Waals surface area contributed by atoms with Crippen molar-refractivity contribution in [1.29, 1.82) is 0 Å². The number of hydrogen-bond donors (Lipinski definition) is 2. The molecule has 1 saturated carbocycles. The molecule has 0 heterocycles. The first kappa shape index (κ1) is 21.3. The fraction of sp³-hybridized carbons (Fsp3) is 0.600. The zero-order chi connectivity index (χ0) is 19.9. The van der Waals surface area contributed by atoms with Crippen LogP contribution in [0.3, 0.4) is 0 Å². The van der Waals surface area contributed by atoms with Gasteiger partial charge in [0.15, 0.2) is 0 Å². The molecule has 1 aromatic rings. The molecule has 1 aliphatic carbocycles. The van der Waals surface area contributed by atoms with E-state index in [1.54, 1.807) is 0 Å². The van der Waals surface area contributed by atoms with Crippen LogP contribution < -0.4 is 10.6 Å². The van der Waals surface area contributed by atoms with Gasteiger partial charge in [0.05, 0.1) is 5.56 Å². The van der Waals surface area contributed by atoms with Crippen molar-refractivity contribution >= 4 is 11.8 Å². The molecule has 1 aliphatic rings. The van der Waals surface area contributed by atoms with E-state index in [4.69, 9.17) is 0 Å². The number of likely N-dealkylation sites (N-methyl/N-ethyl adjacent to an activating group) is 1. The van der Waals surface area contributed by atoms with Gasteiger partial charge in [-0.15, -0.1) is 0 Å². The monoisotopic (exact) mass is 381 g/mol. The molecule has 0 aliphatic heterocycles. The lowest BCUT2D eigenvalue weighted by molar-refractivity contribution is -0.121. The van der Waals surface area contributed by atoms with Gasteiger partial charge >= 0.3 is 0 Å². The summed E-state index contributed by atoms with van der Waals surface area (Å²) in [6.07, 6.45) is 7.01. The average Bonchev–Trinajstić information content (AvgIpc) is 2.86. The fourth-order valence-corrected chi connectivity index (χ4v) is 3.58. The maximum atomic E-state index is 13.6. The second-order valence-corrected chi connectivity index (χ2v) is 7.44. The van der Waals surface area contributed by atoms with E-state index >= 15 is 0 Å². The summed E-state index contributed by atoms with van der Waals surface area (Å²) in [5, 5.41) is 5.48. The van der Waals surface area contributed by atoms with Crippen molar-refractivity contribution in [3.63, 3.8) is 0 Å². The first-order valence-corrected chi connectivity index (χ1v) is 9.51. The molecule has 0 unspecified atom stereocenters. The molecule has 0 radical (unpaired) electrons. The van der Waals surface area contributed by atoms with E-state index in [1.165, 1.54) is 12.8 Å². The standard InChI is InChI=1S/C20H29F2N3O2/c1-25(2)20(10-5-3-4-6-11-20)14-24-18(26)9-12-23-19(27)16-8-7-15(21)13-17(16)22/h7-8,13H,3-6,9-12,14H2,1-2H3,(H,23,27)(H,24,26). The summed E-state index contributed by atoms with van der Waals surface area (Å²) in [6, 6.07) is 2.78. The molecule has 0 bridgehead atoms. The first-order valence-electron chi connectivity index (χ1n) is 9.51. The Morgan fingerprint density at radius 1 is 1.07 bits per heavy atom. The van der Waals surface area contributed by atoms with Crippen LogP contribution in [-0.2, 0) is 4.79 Å². The van der Waals surface area contributed by atoms with Crippen molar-refractivity contribution in [2.45, 2.75) is 50.5 Å². The summed E-state index contributed by atoms with van der Waals surface area (Å²) in [4.78, 5) is 26.3. The summed E-state index contributed by atoms with van der Waals surface area (Å²) in [5.74, 6) is -2.47. The predicted molar refractivity (Wildman–Crippen MR) is 100 cm³/mol. The number of nitrogens with one attached hydrogen (secondary N) is 2. The zero-order valence-corrected chi connectivity index (χ0v) is 16.1. The number of amides is 2. The highest BCUT2D eigenvalue weighted by Crippen LogP contribution is 2.30. The van der Waals surface area contributed by atoms with Crippen LogP contribution >= 0.6 is 0 Å². The van der Waals surface area contributed by atoms with Crippen molar-refractivity contribution < 1.29 is 18.4 Å². The first-order chi connectivity index (χ1) is 12.8. The van der Waals surface area contributed by atoms with E-state index in [9.17, 15) is 18.4 Å². The number of rotatable bonds is 7. The number of benzene rings is 1. The maximum absolute atomic E-state index is 13.6. The van der Waals surface area contributed by atoms with E-state index in [-0.39, 0.29) is 30.0 Å². The van der Waals surface area contributed by atoms with Gasteiger partial charge in [-0.25, -0.2) is 8.78 Å². The van der Waals surface area contributed by atoms with Crippen LogP contribution in [0.1, 0.15) is 55.3 Å². The quantitative estimate of drug-likeness (QED) is 0.714. The normalized spacial score (nSPS) is 16.6. The Hall–Kier alpha value is -2.02. The summed E-state index contributed by atoms with van der Waals surface area (Å²) < 4.78 is 26.5. The Kier molecular flexibility index (Phi) is 7.71. The van der Waals surface area contributed by atoms with E-state index in [0.29, 0.717) is 12.6 Å². The fourth-order valence-electron chi connectivity index (χ4n) is 3.58. The summed E-state index contributed by atoms with van der Waals surface area (Å²) in [6.45, 7) is 0.676. The van der Waals surface area contributed by atoms with Crippen LogP contribution in [-0.4, -0.2) is 49.4 Å². The van der Waals surface area contributed by atoms with Gasteiger partial charge in [0.25, 0.3) is 5.91 Å². The van der Waals surface area contributed by atoms with Gasteiger partial charge in [-0.1, -0.05) is 25.7 Å². The number of nitrogens with zero attached hydrogens (tertiary/aromatic N) is 1. The maximum Gasteiger partial charge on any atom is 0.254 e. The van der Waals surface area contributed by atoms with Gasteiger partial charge in [0, 0.05) is 31.1 Å².